The van der Waals surface area contributed by atoms with E-state index in [0.717, 1.165) is 12.8 Å². The molecule has 1 aliphatic carbocycles. The van der Waals surface area contributed by atoms with Crippen LogP contribution in [0, 0.1) is 5.92 Å². The lowest BCUT2D eigenvalue weighted by Crippen LogP contribution is -2.51. The van der Waals surface area contributed by atoms with Crippen LogP contribution in [0.4, 0.5) is 0 Å². The highest BCUT2D eigenvalue weighted by atomic mass is 32.2. The number of hydrogen-bond donors (Lipinski definition) is 0. The molecule has 1 amide bonds. The first kappa shape index (κ1) is 16.2. The molecule has 1 saturated heterocycles. The van der Waals surface area contributed by atoms with Crippen LogP contribution in [0.25, 0.3) is 0 Å². The molecule has 0 saturated carbocycles. The molecule has 0 N–H and O–H groups in total. The standard InChI is InChI=1S/C15H21N3O4S/c19-15(11-13-3-1-2-4-13)17-6-8-18(9-7-17)23(20,21)12-14-5-10-22-16-14/h1,3,5,10,13H,2,4,6-9,11-12H2. The molecular formula is C15H21N3O4S. The molecule has 1 unspecified atom stereocenters. The van der Waals surface area contributed by atoms with Crippen LogP contribution in [-0.4, -0.2) is 54.9 Å². The van der Waals surface area contributed by atoms with Gasteiger partial charge in [-0.2, -0.15) is 4.31 Å². The van der Waals surface area contributed by atoms with Crippen LogP contribution in [0.3, 0.4) is 0 Å². The predicted octanol–water partition coefficient (Wildman–Crippen LogP) is 1.00. The number of amides is 1. The van der Waals surface area contributed by atoms with Gasteiger partial charge in [-0.05, 0) is 18.8 Å². The lowest BCUT2D eigenvalue weighted by atomic mass is 10.0. The van der Waals surface area contributed by atoms with E-state index in [9.17, 15) is 13.2 Å². The average molecular weight is 339 g/mol. The highest BCUT2D eigenvalue weighted by Gasteiger charge is 2.30. The van der Waals surface area contributed by atoms with E-state index in [-0.39, 0.29) is 11.7 Å². The van der Waals surface area contributed by atoms with Crippen LogP contribution in [0.15, 0.2) is 29.0 Å². The quantitative estimate of drug-likeness (QED) is 0.748. The molecule has 1 aromatic rings. The molecular weight excluding hydrogens is 318 g/mol. The third kappa shape index (κ3) is 4.00. The lowest BCUT2D eigenvalue weighted by Gasteiger charge is -2.34. The Morgan fingerprint density at radius 3 is 2.70 bits per heavy atom. The van der Waals surface area contributed by atoms with Crippen molar-refractivity contribution in [2.45, 2.75) is 25.0 Å². The van der Waals surface area contributed by atoms with Gasteiger partial charge in [-0.1, -0.05) is 17.3 Å². The van der Waals surface area contributed by atoms with Crippen molar-refractivity contribution >= 4 is 15.9 Å². The number of allylic oxidation sites excluding steroid dienone is 2. The van der Waals surface area contributed by atoms with Gasteiger partial charge in [0, 0.05) is 38.7 Å². The highest BCUT2D eigenvalue weighted by molar-refractivity contribution is 7.88. The van der Waals surface area contributed by atoms with E-state index in [1.165, 1.54) is 10.6 Å². The zero-order valence-electron chi connectivity index (χ0n) is 12.9. The monoisotopic (exact) mass is 339 g/mol. The highest BCUT2D eigenvalue weighted by Crippen LogP contribution is 2.22. The van der Waals surface area contributed by atoms with Crippen molar-refractivity contribution in [3.8, 4) is 0 Å². The molecule has 126 valence electrons. The van der Waals surface area contributed by atoms with Gasteiger partial charge in [0.25, 0.3) is 0 Å². The minimum Gasteiger partial charge on any atom is -0.364 e. The summed E-state index contributed by atoms with van der Waals surface area (Å²) in [5.41, 5.74) is 0.400. The first-order valence-electron chi connectivity index (χ1n) is 7.86. The van der Waals surface area contributed by atoms with E-state index in [4.69, 9.17) is 0 Å². The summed E-state index contributed by atoms with van der Waals surface area (Å²) in [7, 11) is -3.42. The van der Waals surface area contributed by atoms with Gasteiger partial charge in [-0.3, -0.25) is 4.79 Å². The van der Waals surface area contributed by atoms with Crippen LogP contribution >= 0.6 is 0 Å². The average Bonchev–Trinajstić information content (AvgIpc) is 3.21. The Bertz CT molecular complexity index is 661. The van der Waals surface area contributed by atoms with Crippen molar-refractivity contribution in [3.63, 3.8) is 0 Å². The van der Waals surface area contributed by atoms with Crippen LogP contribution in [0.5, 0.6) is 0 Å². The molecule has 23 heavy (non-hydrogen) atoms. The molecule has 1 aromatic heterocycles. The van der Waals surface area contributed by atoms with E-state index < -0.39 is 10.0 Å². The number of piperazine rings is 1. The topological polar surface area (TPSA) is 83.7 Å². The minimum atomic E-state index is -3.42. The summed E-state index contributed by atoms with van der Waals surface area (Å²) in [6.45, 7) is 1.58. The number of aromatic nitrogens is 1. The molecule has 8 heteroatoms. The van der Waals surface area contributed by atoms with Crippen molar-refractivity contribution in [1.29, 1.82) is 0 Å². The van der Waals surface area contributed by atoms with Crippen molar-refractivity contribution in [2.75, 3.05) is 26.2 Å². The van der Waals surface area contributed by atoms with Crippen molar-refractivity contribution in [1.82, 2.24) is 14.4 Å². The fourth-order valence-corrected chi connectivity index (χ4v) is 4.45. The molecule has 2 aliphatic rings. The Morgan fingerprint density at radius 2 is 2.09 bits per heavy atom. The van der Waals surface area contributed by atoms with E-state index in [1.54, 1.807) is 11.0 Å². The summed E-state index contributed by atoms with van der Waals surface area (Å²) in [5.74, 6) is 0.302. The lowest BCUT2D eigenvalue weighted by molar-refractivity contribution is -0.133. The van der Waals surface area contributed by atoms with Gasteiger partial charge in [0.1, 0.15) is 12.0 Å². The zero-order chi connectivity index (χ0) is 16.3. The maximum absolute atomic E-state index is 12.3. The summed E-state index contributed by atoms with van der Waals surface area (Å²) < 4.78 is 30.8. The van der Waals surface area contributed by atoms with Crippen molar-refractivity contribution in [2.24, 2.45) is 5.92 Å². The summed E-state index contributed by atoms with van der Waals surface area (Å²) in [4.78, 5) is 14.0. The van der Waals surface area contributed by atoms with Crippen molar-refractivity contribution < 1.29 is 17.7 Å². The third-order valence-electron chi connectivity index (χ3n) is 4.36. The molecule has 1 atom stereocenters. The molecule has 3 rings (SSSR count). The third-order valence-corrected chi connectivity index (χ3v) is 6.17. The van der Waals surface area contributed by atoms with Gasteiger partial charge in [0.15, 0.2) is 0 Å². The number of carbonyl (C=O) groups is 1. The Labute approximate surface area is 136 Å². The maximum Gasteiger partial charge on any atom is 0.223 e. The fourth-order valence-electron chi connectivity index (χ4n) is 3.02. The first-order valence-corrected chi connectivity index (χ1v) is 9.47. The molecule has 0 bridgehead atoms. The summed E-state index contributed by atoms with van der Waals surface area (Å²) in [5, 5.41) is 3.65. The summed E-state index contributed by atoms with van der Waals surface area (Å²) >= 11 is 0. The van der Waals surface area contributed by atoms with Gasteiger partial charge in [-0.15, -0.1) is 0 Å². The normalized spacial score (nSPS) is 22.6. The number of hydrogen-bond acceptors (Lipinski definition) is 5. The van der Waals surface area contributed by atoms with Gasteiger partial charge >= 0.3 is 0 Å². The van der Waals surface area contributed by atoms with Crippen LogP contribution in [0.2, 0.25) is 0 Å². The van der Waals surface area contributed by atoms with Crippen LogP contribution in [0.1, 0.15) is 25.0 Å². The Morgan fingerprint density at radius 1 is 1.30 bits per heavy atom. The molecule has 0 radical (unpaired) electrons. The SMILES string of the molecule is O=C(CC1C=CCC1)N1CCN(S(=O)(=O)Cc2ccon2)CC1. The van der Waals surface area contributed by atoms with E-state index in [0.29, 0.717) is 44.2 Å². The smallest absolute Gasteiger partial charge is 0.223 e. The number of sulfonamides is 1. The van der Waals surface area contributed by atoms with Gasteiger partial charge < -0.3 is 9.42 Å². The molecule has 1 fully saturated rings. The number of carbonyl (C=O) groups excluding carboxylic acids is 1. The second-order valence-corrected chi connectivity index (χ2v) is 7.97. The molecule has 0 aromatic carbocycles. The first-order chi connectivity index (χ1) is 11.0. The summed E-state index contributed by atoms with van der Waals surface area (Å²) in [6, 6.07) is 1.55. The Hall–Kier alpha value is -1.67. The van der Waals surface area contributed by atoms with Gasteiger partial charge in [0.2, 0.25) is 15.9 Å². The summed E-state index contributed by atoms with van der Waals surface area (Å²) in [6.07, 6.45) is 8.20. The zero-order valence-corrected chi connectivity index (χ0v) is 13.7. The molecule has 2 heterocycles. The minimum absolute atomic E-state index is 0.120. The fraction of sp³-hybridized carbons (Fsp3) is 0.600. The number of rotatable bonds is 5. The maximum atomic E-state index is 12.3. The van der Waals surface area contributed by atoms with E-state index in [2.05, 4.69) is 21.8 Å². The van der Waals surface area contributed by atoms with Gasteiger partial charge in [-0.25, -0.2) is 8.42 Å². The Kier molecular flexibility index (Phi) is 4.82. The van der Waals surface area contributed by atoms with Crippen LogP contribution in [-0.2, 0) is 20.6 Å². The van der Waals surface area contributed by atoms with Crippen molar-refractivity contribution in [3.05, 3.63) is 30.2 Å². The second-order valence-electron chi connectivity index (χ2n) is 6.00. The predicted molar refractivity (Wildman–Crippen MR) is 83.8 cm³/mol. The molecule has 0 spiro atoms. The Balaban J connectivity index is 1.51. The largest absolute Gasteiger partial charge is 0.364 e. The molecule has 7 nitrogen and oxygen atoms in total. The van der Waals surface area contributed by atoms with Gasteiger partial charge in [0.05, 0.1) is 5.69 Å². The van der Waals surface area contributed by atoms with Crippen LogP contribution < -0.4 is 0 Å². The molecule has 1 aliphatic heterocycles. The number of nitrogens with zero attached hydrogens (tertiary/aromatic N) is 3. The second kappa shape index (κ2) is 6.84. The van der Waals surface area contributed by atoms with E-state index >= 15 is 0 Å². The van der Waals surface area contributed by atoms with E-state index in [1.807, 2.05) is 0 Å².